The minimum absolute atomic E-state index is 0.949. The molecule has 0 aliphatic carbocycles. The van der Waals surface area contributed by atoms with Crippen LogP contribution in [0.5, 0.6) is 0 Å². The van der Waals surface area contributed by atoms with Gasteiger partial charge in [-0.05, 0) is 19.8 Å². The Balaban J connectivity index is 1.77. The predicted octanol–water partition coefficient (Wildman–Crippen LogP) is 1.91. The van der Waals surface area contributed by atoms with Gasteiger partial charge in [0.1, 0.15) is 0 Å². The molecule has 5 heteroatoms. The third-order valence-electron chi connectivity index (χ3n) is 2.75. The highest BCUT2D eigenvalue weighted by Crippen LogP contribution is 2.09. The minimum Gasteiger partial charge on any atom is -0.359 e. The van der Waals surface area contributed by atoms with E-state index in [1.165, 1.54) is 0 Å². The van der Waals surface area contributed by atoms with Crippen LogP contribution in [-0.4, -0.2) is 26.1 Å². The number of aromatic nitrogens is 4. The molecule has 0 atom stereocenters. The van der Waals surface area contributed by atoms with E-state index in [2.05, 4.69) is 30.6 Å². The number of rotatable bonds is 6. The zero-order valence-electron chi connectivity index (χ0n) is 10.4. The summed E-state index contributed by atoms with van der Waals surface area (Å²) in [6.07, 6.45) is 10.1. The highest BCUT2D eigenvalue weighted by atomic mass is 15.2. The molecule has 2 aromatic rings. The van der Waals surface area contributed by atoms with E-state index in [4.69, 9.17) is 0 Å². The van der Waals surface area contributed by atoms with Gasteiger partial charge in [-0.15, -0.1) is 0 Å². The van der Waals surface area contributed by atoms with Gasteiger partial charge in [-0.25, -0.2) is 9.97 Å². The number of aryl methyl sites for hydroxylation is 3. The Morgan fingerprint density at radius 1 is 1.29 bits per heavy atom. The number of hydrogen-bond acceptors (Lipinski definition) is 3. The molecule has 1 N–H and O–H groups in total. The fourth-order valence-electron chi connectivity index (χ4n) is 1.91. The van der Waals surface area contributed by atoms with Crippen molar-refractivity contribution >= 4 is 5.95 Å². The second kappa shape index (κ2) is 5.52. The number of nitrogens with zero attached hydrogens (tertiary/aromatic N) is 4. The summed E-state index contributed by atoms with van der Waals surface area (Å²) in [5, 5.41) is 3.11. The standard InChI is InChI=1S/C12H19N5/c1-11-9-17(12(13-2)15-11)7-4-3-6-16-8-5-14-10-16/h5,8-10H,3-4,6-7H2,1-2H3,(H,13,15). The maximum absolute atomic E-state index is 4.39. The van der Waals surface area contributed by atoms with Gasteiger partial charge in [-0.3, -0.25) is 0 Å². The van der Waals surface area contributed by atoms with Gasteiger partial charge in [0.15, 0.2) is 0 Å². The third-order valence-corrected chi connectivity index (χ3v) is 2.75. The van der Waals surface area contributed by atoms with Crippen molar-refractivity contribution in [3.8, 4) is 0 Å². The largest absolute Gasteiger partial charge is 0.359 e. The van der Waals surface area contributed by atoms with Crippen molar-refractivity contribution < 1.29 is 0 Å². The molecule has 2 rings (SSSR count). The van der Waals surface area contributed by atoms with Gasteiger partial charge in [-0.1, -0.05) is 0 Å². The van der Waals surface area contributed by atoms with E-state index in [-0.39, 0.29) is 0 Å². The van der Waals surface area contributed by atoms with Crippen LogP contribution in [0.4, 0.5) is 5.95 Å². The van der Waals surface area contributed by atoms with Crippen LogP contribution < -0.4 is 5.32 Å². The maximum atomic E-state index is 4.39. The molecule has 0 aromatic carbocycles. The lowest BCUT2D eigenvalue weighted by atomic mass is 10.3. The maximum Gasteiger partial charge on any atom is 0.202 e. The van der Waals surface area contributed by atoms with Gasteiger partial charge in [0.25, 0.3) is 0 Å². The summed E-state index contributed by atoms with van der Waals surface area (Å²) in [4.78, 5) is 8.42. The van der Waals surface area contributed by atoms with Crippen LogP contribution in [0, 0.1) is 6.92 Å². The molecule has 0 saturated heterocycles. The lowest BCUT2D eigenvalue weighted by Gasteiger charge is -2.07. The monoisotopic (exact) mass is 233 g/mol. The van der Waals surface area contributed by atoms with E-state index in [1.807, 2.05) is 32.7 Å². The van der Waals surface area contributed by atoms with Gasteiger partial charge in [0.2, 0.25) is 5.95 Å². The van der Waals surface area contributed by atoms with E-state index < -0.39 is 0 Å². The topological polar surface area (TPSA) is 47.7 Å². The fourth-order valence-corrected chi connectivity index (χ4v) is 1.91. The molecule has 0 spiro atoms. The molecule has 2 heterocycles. The molecule has 0 amide bonds. The summed E-state index contributed by atoms with van der Waals surface area (Å²) in [5.41, 5.74) is 1.06. The first-order valence-corrected chi connectivity index (χ1v) is 5.97. The number of nitrogens with one attached hydrogen (secondary N) is 1. The summed E-state index contributed by atoms with van der Waals surface area (Å²) in [6.45, 7) is 4.05. The Labute approximate surface area is 102 Å². The highest BCUT2D eigenvalue weighted by molar-refractivity contribution is 5.27. The molecule has 17 heavy (non-hydrogen) atoms. The van der Waals surface area contributed by atoms with Crippen molar-refractivity contribution in [2.45, 2.75) is 32.9 Å². The molecule has 0 saturated carbocycles. The average Bonchev–Trinajstić information content (AvgIpc) is 2.93. The van der Waals surface area contributed by atoms with Crippen LogP contribution in [-0.2, 0) is 13.1 Å². The SMILES string of the molecule is CNc1nc(C)cn1CCCCn1ccnc1. The molecule has 0 unspecified atom stereocenters. The Bertz CT molecular complexity index is 443. The fraction of sp³-hybridized carbons (Fsp3) is 0.500. The van der Waals surface area contributed by atoms with Gasteiger partial charge >= 0.3 is 0 Å². The zero-order chi connectivity index (χ0) is 12.1. The molecule has 92 valence electrons. The van der Waals surface area contributed by atoms with E-state index in [1.54, 1.807) is 0 Å². The van der Waals surface area contributed by atoms with E-state index >= 15 is 0 Å². The normalized spacial score (nSPS) is 10.7. The van der Waals surface area contributed by atoms with Crippen molar-refractivity contribution in [2.24, 2.45) is 0 Å². The van der Waals surface area contributed by atoms with Crippen molar-refractivity contribution in [3.63, 3.8) is 0 Å². The van der Waals surface area contributed by atoms with Crippen molar-refractivity contribution in [1.29, 1.82) is 0 Å². The lowest BCUT2D eigenvalue weighted by molar-refractivity contribution is 0.555. The molecule has 0 radical (unpaired) electrons. The first-order chi connectivity index (χ1) is 8.29. The summed E-state index contributed by atoms with van der Waals surface area (Å²) in [7, 11) is 1.91. The second-order valence-corrected chi connectivity index (χ2v) is 4.16. The smallest absolute Gasteiger partial charge is 0.202 e. The molecule has 0 bridgehead atoms. The quantitative estimate of drug-likeness (QED) is 0.775. The molecular formula is C12H19N5. The van der Waals surface area contributed by atoms with Crippen LogP contribution in [0.3, 0.4) is 0 Å². The average molecular weight is 233 g/mol. The Morgan fingerprint density at radius 2 is 2.12 bits per heavy atom. The third kappa shape index (κ3) is 3.09. The van der Waals surface area contributed by atoms with Gasteiger partial charge in [-0.2, -0.15) is 0 Å². The Hall–Kier alpha value is -1.78. The predicted molar refractivity (Wildman–Crippen MR) is 68.0 cm³/mol. The second-order valence-electron chi connectivity index (χ2n) is 4.16. The van der Waals surface area contributed by atoms with Gasteiger partial charge in [0, 0.05) is 38.7 Å². The first kappa shape index (κ1) is 11.7. The van der Waals surface area contributed by atoms with Crippen molar-refractivity contribution in [3.05, 3.63) is 30.6 Å². The molecule has 5 nitrogen and oxygen atoms in total. The van der Waals surface area contributed by atoms with Crippen LogP contribution in [0.15, 0.2) is 24.9 Å². The number of imidazole rings is 2. The summed E-state index contributed by atoms with van der Waals surface area (Å²) in [6, 6.07) is 0. The van der Waals surface area contributed by atoms with E-state index in [0.29, 0.717) is 0 Å². The minimum atomic E-state index is 0.949. The Kier molecular flexibility index (Phi) is 3.80. The number of unbranched alkanes of at least 4 members (excludes halogenated alkanes) is 1. The van der Waals surface area contributed by atoms with Crippen LogP contribution in [0.2, 0.25) is 0 Å². The molecule has 2 aromatic heterocycles. The first-order valence-electron chi connectivity index (χ1n) is 5.97. The van der Waals surface area contributed by atoms with E-state index in [0.717, 1.165) is 37.6 Å². The molecule has 0 aliphatic heterocycles. The lowest BCUT2D eigenvalue weighted by Crippen LogP contribution is -2.04. The van der Waals surface area contributed by atoms with Crippen LogP contribution in [0.1, 0.15) is 18.5 Å². The summed E-state index contributed by atoms with van der Waals surface area (Å²) in [5.74, 6) is 0.949. The van der Waals surface area contributed by atoms with E-state index in [9.17, 15) is 0 Å². The zero-order valence-corrected chi connectivity index (χ0v) is 10.4. The number of anilines is 1. The number of hydrogen-bond donors (Lipinski definition) is 1. The van der Waals surface area contributed by atoms with Gasteiger partial charge in [0.05, 0.1) is 12.0 Å². The summed E-state index contributed by atoms with van der Waals surface area (Å²) < 4.78 is 4.28. The molecule has 0 aliphatic rings. The van der Waals surface area contributed by atoms with Crippen LogP contribution >= 0.6 is 0 Å². The van der Waals surface area contributed by atoms with Crippen molar-refractivity contribution in [2.75, 3.05) is 12.4 Å². The Morgan fingerprint density at radius 3 is 2.82 bits per heavy atom. The van der Waals surface area contributed by atoms with Gasteiger partial charge < -0.3 is 14.5 Å². The highest BCUT2D eigenvalue weighted by Gasteiger charge is 2.02. The molecule has 0 fully saturated rings. The van der Waals surface area contributed by atoms with Crippen LogP contribution in [0.25, 0.3) is 0 Å². The molecular weight excluding hydrogens is 214 g/mol. The van der Waals surface area contributed by atoms with Crippen molar-refractivity contribution in [1.82, 2.24) is 19.1 Å². The summed E-state index contributed by atoms with van der Waals surface area (Å²) >= 11 is 0.